The van der Waals surface area contributed by atoms with Gasteiger partial charge in [-0.05, 0) is 121 Å². The molecule has 16 nitrogen and oxygen atoms in total. The molecule has 532 valence electrons. The molecule has 7 fully saturated rings. The number of carboxylic acid groups (broad SMARTS) is 1. The molecule has 0 saturated carbocycles. The standard InChI is InChI=1S/C84H100O16/c1-7-54(2)77-70(45-76-84(6,100-77)79(92-50-57-25-15-10-16-26-57)78-71(95-76)46-82(4)74(97-78)43-68(91-49-56-23-13-9-14-24-56)72(99-82)52-89-47-55-21-11-8-12-22-55)94-67(80(85)86)37-38-73-81(3,87)53-83(5)75(96-73)44-69-66(98-83)36-35-64(90-51-59-32-34-61-28-18-20-30-63(61)42-59)65(93-69)39-40-88-48-58-31-33-60-27-17-19-29-62(60)41-58/h7-34,41-42,54,64-79,87H,1,35-40,43-53H2,2-6H3,(H,85,86)/t54-,64+,65-,66-,67?,68-,69+,70+,71+,72+,73+,74+,75-,76-,77-,78+,79-,81-,82-,83+,84-/m0/s1. The van der Waals surface area contributed by atoms with Crippen molar-refractivity contribution >= 4 is 27.5 Å². The fourth-order valence-electron chi connectivity index (χ4n) is 17.1. The molecule has 2 N–H and O–H groups in total. The number of hydrogen-bond donors (Lipinski definition) is 2. The maximum atomic E-state index is 13.7. The highest BCUT2D eigenvalue weighted by molar-refractivity contribution is 5.83. The van der Waals surface area contributed by atoms with Crippen LogP contribution in [0.25, 0.3) is 21.5 Å². The average Bonchev–Trinajstić information content (AvgIpc) is 0.753. The van der Waals surface area contributed by atoms with E-state index in [1.807, 2.05) is 93.6 Å². The van der Waals surface area contributed by atoms with Crippen molar-refractivity contribution in [3.8, 4) is 0 Å². The molecule has 0 aromatic heterocycles. The average molecular weight is 1370 g/mol. The predicted molar refractivity (Wildman–Crippen MR) is 379 cm³/mol. The fourth-order valence-corrected chi connectivity index (χ4v) is 17.1. The molecule has 7 aromatic carbocycles. The van der Waals surface area contributed by atoms with E-state index in [1.54, 1.807) is 6.92 Å². The van der Waals surface area contributed by atoms with Gasteiger partial charge in [-0.2, -0.15) is 0 Å². The van der Waals surface area contributed by atoms with Crippen LogP contribution in [0.2, 0.25) is 0 Å². The minimum Gasteiger partial charge on any atom is -0.479 e. The zero-order chi connectivity index (χ0) is 69.0. The van der Waals surface area contributed by atoms with Crippen molar-refractivity contribution in [2.45, 2.75) is 252 Å². The first-order valence-electron chi connectivity index (χ1n) is 36.4. The van der Waals surface area contributed by atoms with Gasteiger partial charge in [0, 0.05) is 44.6 Å². The normalized spacial score (nSPS) is 34.7. The smallest absolute Gasteiger partial charge is 0.332 e. The molecular formula is C84H100O16. The van der Waals surface area contributed by atoms with Crippen molar-refractivity contribution in [2.24, 2.45) is 5.92 Å². The van der Waals surface area contributed by atoms with Crippen molar-refractivity contribution in [3.05, 3.63) is 216 Å². The zero-order valence-electron chi connectivity index (χ0n) is 58.5. The summed E-state index contributed by atoms with van der Waals surface area (Å²) in [6.07, 6.45) is -2.50. The van der Waals surface area contributed by atoms with Crippen LogP contribution in [-0.2, 0) is 99.4 Å². The highest BCUT2D eigenvalue weighted by Crippen LogP contribution is 2.53. The number of carbonyl (C=O) groups is 1. The lowest BCUT2D eigenvalue weighted by Gasteiger charge is -2.62. The summed E-state index contributed by atoms with van der Waals surface area (Å²) in [5.41, 5.74) is 1.16. The third-order valence-electron chi connectivity index (χ3n) is 22.6. The van der Waals surface area contributed by atoms with E-state index in [2.05, 4.69) is 123 Å². The molecule has 14 rings (SSSR count). The van der Waals surface area contributed by atoms with Gasteiger partial charge < -0.3 is 71.8 Å². The Bertz CT molecular complexity index is 3840. The van der Waals surface area contributed by atoms with Crippen molar-refractivity contribution in [1.29, 1.82) is 0 Å². The van der Waals surface area contributed by atoms with E-state index in [1.165, 1.54) is 16.2 Å². The van der Waals surface area contributed by atoms with Crippen LogP contribution in [0, 0.1) is 5.92 Å². The van der Waals surface area contributed by atoms with Crippen LogP contribution in [0.5, 0.6) is 0 Å². The van der Waals surface area contributed by atoms with Crippen molar-refractivity contribution in [2.75, 3.05) is 13.2 Å². The maximum absolute atomic E-state index is 13.7. The number of ether oxygens (including phenoxy) is 13. The van der Waals surface area contributed by atoms with Crippen LogP contribution in [0.15, 0.2) is 189 Å². The molecule has 7 aliphatic heterocycles. The second kappa shape index (κ2) is 31.0. The highest BCUT2D eigenvalue weighted by atomic mass is 16.7. The Balaban J connectivity index is 0.662. The van der Waals surface area contributed by atoms with Gasteiger partial charge in [0.25, 0.3) is 0 Å². The summed E-state index contributed by atoms with van der Waals surface area (Å²) >= 11 is 0. The first-order chi connectivity index (χ1) is 48.5. The van der Waals surface area contributed by atoms with Gasteiger partial charge in [0.15, 0.2) is 6.10 Å². The van der Waals surface area contributed by atoms with E-state index in [4.69, 9.17) is 61.6 Å². The molecule has 7 aromatic rings. The lowest BCUT2D eigenvalue weighted by molar-refractivity contribution is -0.382. The summed E-state index contributed by atoms with van der Waals surface area (Å²) in [5.74, 6) is -1.42. The monoisotopic (exact) mass is 1360 g/mol. The molecule has 100 heavy (non-hydrogen) atoms. The highest BCUT2D eigenvalue weighted by Gasteiger charge is 2.66. The number of aliphatic carboxylic acids is 1. The number of benzene rings is 7. The Hall–Kier alpha value is -6.29. The van der Waals surface area contributed by atoms with Crippen LogP contribution in [0.1, 0.15) is 127 Å². The molecule has 16 heteroatoms. The maximum Gasteiger partial charge on any atom is 0.332 e. The Morgan fingerprint density at radius 3 is 1.79 bits per heavy atom. The molecule has 7 aliphatic rings. The zero-order valence-corrected chi connectivity index (χ0v) is 58.5. The summed E-state index contributed by atoms with van der Waals surface area (Å²) in [7, 11) is 0. The van der Waals surface area contributed by atoms with Gasteiger partial charge in [-0.15, -0.1) is 6.58 Å². The second-order valence-electron chi connectivity index (χ2n) is 30.1. The van der Waals surface area contributed by atoms with E-state index in [-0.39, 0.29) is 68.7 Å². The molecule has 0 bridgehead atoms. The van der Waals surface area contributed by atoms with Gasteiger partial charge in [0.2, 0.25) is 0 Å². The van der Waals surface area contributed by atoms with Crippen LogP contribution in [-0.4, -0.2) is 149 Å². The molecular weight excluding hydrogens is 1260 g/mol. The predicted octanol–water partition coefficient (Wildman–Crippen LogP) is 14.3. The third kappa shape index (κ3) is 15.9. The van der Waals surface area contributed by atoms with Crippen LogP contribution in [0.4, 0.5) is 0 Å². The van der Waals surface area contributed by atoms with Gasteiger partial charge in [-0.25, -0.2) is 4.79 Å². The number of carboxylic acids is 1. The first-order valence-corrected chi connectivity index (χ1v) is 36.4. The molecule has 7 heterocycles. The topological polar surface area (TPSA) is 178 Å². The van der Waals surface area contributed by atoms with E-state index < -0.39 is 95.5 Å². The summed E-state index contributed by atoms with van der Waals surface area (Å²) in [6.45, 7) is 16.9. The first kappa shape index (κ1) is 70.7. The van der Waals surface area contributed by atoms with E-state index in [0.717, 1.165) is 33.2 Å². The number of aliphatic hydroxyl groups is 1. The molecule has 0 radical (unpaired) electrons. The van der Waals surface area contributed by atoms with Gasteiger partial charge >= 0.3 is 5.97 Å². The summed E-state index contributed by atoms with van der Waals surface area (Å²) in [4.78, 5) is 13.7. The fraction of sp³-hybridized carbons (Fsp3) is 0.512. The molecule has 0 amide bonds. The molecule has 0 spiro atoms. The SMILES string of the molecule is C=C[C@H](C)[C@@H]1O[C@@]2(C)[C@H](C[C@H]1OC(CC[C@H]1O[C@H]3C[C@H]4O[C@@H](CCOCc5ccc6ccccc6c5)[C@H](OCc5ccc6ccccc6c5)CC[C@@H]4O[C@]3(C)C[C@]1(C)O)C(=O)O)O[C@@H]1C[C@]3(C)O[C@H](COCc4ccccc4)[C@@H](OCc4ccccc4)C[C@H]3O[C@H]1[C@@H]2OCc1ccccc1. The molecule has 21 atom stereocenters. The van der Waals surface area contributed by atoms with E-state index in [9.17, 15) is 15.0 Å². The van der Waals surface area contributed by atoms with Crippen molar-refractivity contribution < 1.29 is 76.6 Å². The van der Waals surface area contributed by atoms with Crippen LogP contribution in [0.3, 0.4) is 0 Å². The van der Waals surface area contributed by atoms with Gasteiger partial charge in [-0.1, -0.05) is 177 Å². The summed E-state index contributed by atoms with van der Waals surface area (Å²) in [5, 5.41) is 28.4. The van der Waals surface area contributed by atoms with E-state index >= 15 is 0 Å². The van der Waals surface area contributed by atoms with Crippen LogP contribution < -0.4 is 0 Å². The van der Waals surface area contributed by atoms with E-state index in [0.29, 0.717) is 78.2 Å². The second-order valence-corrected chi connectivity index (χ2v) is 30.1. The van der Waals surface area contributed by atoms with Gasteiger partial charge in [-0.3, -0.25) is 0 Å². The summed E-state index contributed by atoms with van der Waals surface area (Å²) < 4.78 is 91.1. The summed E-state index contributed by atoms with van der Waals surface area (Å²) in [6, 6.07) is 59.9. The van der Waals surface area contributed by atoms with Gasteiger partial charge in [0.1, 0.15) is 23.9 Å². The number of fused-ring (bicyclic) bond motifs is 7. The minimum absolute atomic E-state index is 0.0414. The molecule has 7 saturated heterocycles. The quantitative estimate of drug-likeness (QED) is 0.0386. The Morgan fingerprint density at radius 2 is 1.13 bits per heavy atom. The molecule has 0 aliphatic carbocycles. The van der Waals surface area contributed by atoms with Crippen molar-refractivity contribution in [1.82, 2.24) is 0 Å². The van der Waals surface area contributed by atoms with Gasteiger partial charge in [0.05, 0.1) is 130 Å². The number of hydrogen-bond acceptors (Lipinski definition) is 15. The van der Waals surface area contributed by atoms with Crippen molar-refractivity contribution in [3.63, 3.8) is 0 Å². The lowest BCUT2D eigenvalue weighted by atomic mass is 9.72. The Morgan fingerprint density at radius 1 is 0.550 bits per heavy atom. The lowest BCUT2D eigenvalue weighted by Crippen LogP contribution is -2.75. The number of rotatable bonds is 26. The van der Waals surface area contributed by atoms with Crippen LogP contribution >= 0.6 is 0 Å². The third-order valence-corrected chi connectivity index (χ3v) is 22.6. The molecule has 1 unspecified atom stereocenters. The minimum atomic E-state index is -1.38. The largest absolute Gasteiger partial charge is 0.479 e. The Labute approximate surface area is 588 Å². The Kier molecular flexibility index (Phi) is 21.9.